The second-order valence-electron chi connectivity index (χ2n) is 8.61. The Kier molecular flexibility index (Phi) is 5.47. The topological polar surface area (TPSA) is 79.4 Å². The lowest BCUT2D eigenvalue weighted by Gasteiger charge is -2.43. The fourth-order valence-electron chi connectivity index (χ4n) is 3.98. The van der Waals surface area contributed by atoms with Crippen LogP contribution in [0.3, 0.4) is 0 Å². The Morgan fingerprint density at radius 1 is 1.07 bits per heavy atom. The number of carbonyl (C=O) groups is 3. The minimum Gasteiger partial charge on any atom is -0.465 e. The summed E-state index contributed by atoms with van der Waals surface area (Å²) in [5.41, 5.74) is 0.0771. The number of hydrogen-bond donors (Lipinski definition) is 0. The fourth-order valence-corrected chi connectivity index (χ4v) is 3.98. The maximum Gasteiger partial charge on any atom is 0.410 e. The van der Waals surface area contributed by atoms with Gasteiger partial charge in [0.25, 0.3) is 0 Å². The Morgan fingerprint density at radius 3 is 2.17 bits per heavy atom. The maximum absolute atomic E-state index is 13.1. The molecular weight excluding hydrogens is 374 g/mol. The highest BCUT2D eigenvalue weighted by Gasteiger charge is 2.53. The van der Waals surface area contributed by atoms with Gasteiger partial charge in [0.2, 0.25) is 5.91 Å². The van der Waals surface area contributed by atoms with Gasteiger partial charge in [0.15, 0.2) is 0 Å². The second-order valence-corrected chi connectivity index (χ2v) is 8.61. The van der Waals surface area contributed by atoms with Gasteiger partial charge in [-0.25, -0.2) is 9.59 Å². The van der Waals surface area contributed by atoms with Crippen LogP contribution in [0.1, 0.15) is 44.0 Å². The molecule has 2 fully saturated rings. The lowest BCUT2D eigenvalue weighted by Crippen LogP contribution is -2.57. The molecule has 2 aliphatic heterocycles. The van der Waals surface area contributed by atoms with Gasteiger partial charge in [-0.2, -0.15) is 0 Å². The molecule has 8 nitrogen and oxygen atoms in total. The molecule has 0 radical (unpaired) electrons. The van der Waals surface area contributed by atoms with Crippen molar-refractivity contribution in [3.8, 4) is 0 Å². The van der Waals surface area contributed by atoms with Crippen LogP contribution in [0.15, 0.2) is 24.3 Å². The zero-order valence-corrected chi connectivity index (χ0v) is 17.7. The van der Waals surface area contributed by atoms with Gasteiger partial charge in [0.1, 0.15) is 11.1 Å². The zero-order chi connectivity index (χ0) is 21.4. The molecule has 0 aromatic heterocycles. The molecule has 158 valence electrons. The quantitative estimate of drug-likeness (QED) is 0.706. The van der Waals surface area contributed by atoms with Gasteiger partial charge < -0.3 is 24.2 Å². The predicted octanol–water partition coefficient (Wildman–Crippen LogP) is 2.48. The number of rotatable bonds is 2. The van der Waals surface area contributed by atoms with Crippen molar-refractivity contribution in [3.05, 3.63) is 29.8 Å². The molecular formula is C21H29N3O5. The number of likely N-dealkylation sites (tertiary alicyclic amines) is 1. The molecule has 1 spiro atoms. The minimum absolute atomic E-state index is 0.0541. The second kappa shape index (κ2) is 7.57. The Balaban J connectivity index is 1.79. The summed E-state index contributed by atoms with van der Waals surface area (Å²) in [7, 11) is 3.13. The van der Waals surface area contributed by atoms with Gasteiger partial charge >= 0.3 is 12.1 Å². The van der Waals surface area contributed by atoms with Crippen molar-refractivity contribution in [2.45, 2.75) is 44.8 Å². The van der Waals surface area contributed by atoms with Gasteiger partial charge in [-0.05, 0) is 57.9 Å². The molecule has 0 aliphatic carbocycles. The Hall–Kier alpha value is -2.77. The Labute approximate surface area is 171 Å². The molecule has 2 aliphatic rings. The number of anilines is 1. The molecule has 2 saturated heterocycles. The monoisotopic (exact) mass is 403 g/mol. The summed E-state index contributed by atoms with van der Waals surface area (Å²) in [4.78, 5) is 42.6. The lowest BCUT2D eigenvalue weighted by atomic mass is 9.85. The summed E-state index contributed by atoms with van der Waals surface area (Å²) in [6.45, 7) is 6.88. The van der Waals surface area contributed by atoms with E-state index in [1.807, 2.05) is 32.9 Å². The number of esters is 1. The van der Waals surface area contributed by atoms with E-state index in [1.54, 1.807) is 29.0 Å². The lowest BCUT2D eigenvalue weighted by molar-refractivity contribution is -0.132. The van der Waals surface area contributed by atoms with Crippen LogP contribution in [0.2, 0.25) is 0 Å². The molecule has 1 aromatic rings. The summed E-state index contributed by atoms with van der Waals surface area (Å²) >= 11 is 0. The Bertz CT molecular complexity index is 792. The first-order valence-electron chi connectivity index (χ1n) is 9.77. The number of hydrogen-bond acceptors (Lipinski definition) is 6. The highest BCUT2D eigenvalue weighted by Crippen LogP contribution is 2.39. The van der Waals surface area contributed by atoms with E-state index in [-0.39, 0.29) is 12.0 Å². The molecule has 3 rings (SSSR count). The fraction of sp³-hybridized carbons (Fsp3) is 0.571. The Morgan fingerprint density at radius 2 is 1.66 bits per heavy atom. The minimum atomic E-state index is -0.694. The van der Waals surface area contributed by atoms with Crippen LogP contribution in [0.5, 0.6) is 0 Å². The number of likely N-dealkylation sites (N-methyl/N-ethyl adjacent to an activating group) is 1. The van der Waals surface area contributed by atoms with Gasteiger partial charge in [0.05, 0.1) is 19.3 Å². The van der Waals surface area contributed by atoms with Crippen LogP contribution < -0.4 is 4.90 Å². The van der Waals surface area contributed by atoms with Crippen LogP contribution in [0, 0.1) is 0 Å². The molecule has 8 heteroatoms. The number of piperidine rings is 1. The summed E-state index contributed by atoms with van der Waals surface area (Å²) in [5, 5.41) is 0. The number of methoxy groups -OCH3 is 1. The zero-order valence-electron chi connectivity index (χ0n) is 17.7. The van der Waals surface area contributed by atoms with Crippen LogP contribution in [0.4, 0.5) is 10.5 Å². The first-order valence-corrected chi connectivity index (χ1v) is 9.77. The van der Waals surface area contributed by atoms with E-state index in [0.717, 1.165) is 5.69 Å². The van der Waals surface area contributed by atoms with Crippen LogP contribution >= 0.6 is 0 Å². The first kappa shape index (κ1) is 21.0. The van der Waals surface area contributed by atoms with E-state index < -0.39 is 17.1 Å². The highest BCUT2D eigenvalue weighted by molar-refractivity contribution is 5.94. The number of amides is 2. The molecule has 0 N–H and O–H groups in total. The number of nitrogens with zero attached hydrogens (tertiary/aromatic N) is 3. The molecule has 0 unspecified atom stereocenters. The van der Waals surface area contributed by atoms with Gasteiger partial charge in [-0.15, -0.1) is 0 Å². The van der Waals surface area contributed by atoms with Crippen LogP contribution in [-0.4, -0.2) is 72.8 Å². The normalized spacial score (nSPS) is 18.9. The number of ether oxygens (including phenoxy) is 2. The van der Waals surface area contributed by atoms with E-state index in [1.165, 1.54) is 7.11 Å². The standard InChI is InChI=1S/C21H29N3O5/c1-20(2,3)29-19(27)23-12-10-21(11-13-23)18(26)22(4)14-24(21)16-8-6-15(7-9-16)17(25)28-5/h6-9H,10-14H2,1-5H3. The van der Waals surface area contributed by atoms with Crippen molar-refractivity contribution in [2.75, 3.05) is 38.8 Å². The molecule has 29 heavy (non-hydrogen) atoms. The van der Waals surface area contributed by atoms with E-state index in [0.29, 0.717) is 38.2 Å². The van der Waals surface area contributed by atoms with Crippen molar-refractivity contribution in [1.29, 1.82) is 0 Å². The first-order chi connectivity index (χ1) is 13.6. The SMILES string of the molecule is COC(=O)c1ccc(N2CN(C)C(=O)C23CCN(C(=O)OC(C)(C)C)CC3)cc1. The van der Waals surface area contributed by atoms with Crippen molar-refractivity contribution < 1.29 is 23.9 Å². The van der Waals surface area contributed by atoms with Crippen LogP contribution in [-0.2, 0) is 14.3 Å². The molecule has 0 atom stereocenters. The van der Waals surface area contributed by atoms with E-state index in [9.17, 15) is 14.4 Å². The van der Waals surface area contributed by atoms with Gasteiger partial charge in [0, 0.05) is 25.8 Å². The van der Waals surface area contributed by atoms with E-state index >= 15 is 0 Å². The number of benzene rings is 1. The van der Waals surface area contributed by atoms with Crippen molar-refractivity contribution in [2.24, 2.45) is 0 Å². The molecule has 1 aromatic carbocycles. The highest BCUT2D eigenvalue weighted by atomic mass is 16.6. The number of carbonyl (C=O) groups excluding carboxylic acids is 3. The van der Waals surface area contributed by atoms with Crippen molar-refractivity contribution in [3.63, 3.8) is 0 Å². The van der Waals surface area contributed by atoms with E-state index in [4.69, 9.17) is 9.47 Å². The summed E-state index contributed by atoms with van der Waals surface area (Å²) < 4.78 is 10.2. The van der Waals surface area contributed by atoms with Crippen molar-refractivity contribution >= 4 is 23.7 Å². The van der Waals surface area contributed by atoms with Crippen LogP contribution in [0.25, 0.3) is 0 Å². The summed E-state index contributed by atoms with van der Waals surface area (Å²) in [5.74, 6) is -0.343. The van der Waals surface area contributed by atoms with Crippen molar-refractivity contribution in [1.82, 2.24) is 9.80 Å². The molecule has 0 bridgehead atoms. The maximum atomic E-state index is 13.1. The molecule has 0 saturated carbocycles. The van der Waals surface area contributed by atoms with Gasteiger partial charge in [-0.1, -0.05) is 0 Å². The third-order valence-electron chi connectivity index (χ3n) is 5.46. The largest absolute Gasteiger partial charge is 0.465 e. The predicted molar refractivity (Wildman–Crippen MR) is 108 cm³/mol. The molecule has 2 heterocycles. The average molecular weight is 403 g/mol. The summed E-state index contributed by atoms with van der Waals surface area (Å²) in [6, 6.07) is 7.07. The molecule has 2 amide bonds. The average Bonchev–Trinajstić information content (AvgIpc) is 2.92. The van der Waals surface area contributed by atoms with E-state index in [2.05, 4.69) is 4.90 Å². The van der Waals surface area contributed by atoms with Gasteiger partial charge in [-0.3, -0.25) is 4.79 Å². The summed E-state index contributed by atoms with van der Waals surface area (Å²) in [6.07, 6.45) is 0.697. The smallest absolute Gasteiger partial charge is 0.410 e. The third kappa shape index (κ3) is 4.02. The third-order valence-corrected chi connectivity index (χ3v) is 5.46.